The van der Waals surface area contributed by atoms with E-state index in [1.165, 1.54) is 16.7 Å². The first-order valence-electron chi connectivity index (χ1n) is 11.0. The predicted octanol–water partition coefficient (Wildman–Crippen LogP) is 3.62. The maximum Gasteiger partial charge on any atom is 0.306 e. The summed E-state index contributed by atoms with van der Waals surface area (Å²) in [6.07, 6.45) is 4.78. The van der Waals surface area contributed by atoms with Crippen LogP contribution in [0.3, 0.4) is 0 Å². The van der Waals surface area contributed by atoms with Crippen molar-refractivity contribution in [3.63, 3.8) is 0 Å². The van der Waals surface area contributed by atoms with Crippen molar-refractivity contribution in [1.29, 1.82) is 0 Å². The average Bonchev–Trinajstić information content (AvgIpc) is 3.09. The van der Waals surface area contributed by atoms with E-state index in [9.17, 15) is 9.59 Å². The first kappa shape index (κ1) is 20.4. The van der Waals surface area contributed by atoms with Gasteiger partial charge in [-0.1, -0.05) is 36.4 Å². The number of amides is 1. The van der Waals surface area contributed by atoms with Crippen LogP contribution in [0.4, 0.5) is 0 Å². The molecule has 2 saturated carbocycles. The van der Waals surface area contributed by atoms with Crippen molar-refractivity contribution in [1.82, 2.24) is 14.8 Å². The molecule has 3 aromatic rings. The van der Waals surface area contributed by atoms with Crippen LogP contribution in [0.5, 0.6) is 0 Å². The fraction of sp³-hybridized carbons (Fsp3) is 0.360. The number of nitrogens with two attached hydrogens (primary N) is 1. The van der Waals surface area contributed by atoms with Crippen LogP contribution >= 0.6 is 0 Å². The van der Waals surface area contributed by atoms with Crippen LogP contribution in [0.25, 0.3) is 5.69 Å². The van der Waals surface area contributed by atoms with E-state index in [0.29, 0.717) is 17.2 Å². The molecule has 164 valence electrons. The molecule has 2 aliphatic carbocycles. The maximum atomic E-state index is 11.3. The number of carboxylic acid groups (broad SMARTS) is 1. The Morgan fingerprint density at radius 1 is 1.03 bits per heavy atom. The molecule has 2 fully saturated rings. The van der Waals surface area contributed by atoms with E-state index in [1.807, 2.05) is 12.1 Å². The normalized spacial score (nSPS) is 24.0. The van der Waals surface area contributed by atoms with Crippen LogP contribution in [0.1, 0.15) is 64.7 Å². The Labute approximate surface area is 186 Å². The smallest absolute Gasteiger partial charge is 0.306 e. The van der Waals surface area contributed by atoms with Gasteiger partial charge in [0.05, 0.1) is 11.6 Å². The number of rotatable bonds is 6. The SMILES string of the molecule is Cc1nc(C(N)=O)nn1-c1ccc(Cc2ccc(C3CC4(CC(C(=O)O)C4)C3)cc2)cc1. The highest BCUT2D eigenvalue weighted by Crippen LogP contribution is 2.64. The van der Waals surface area contributed by atoms with Gasteiger partial charge in [0.2, 0.25) is 5.82 Å². The highest BCUT2D eigenvalue weighted by atomic mass is 16.4. The molecule has 1 aromatic heterocycles. The number of primary amides is 1. The van der Waals surface area contributed by atoms with Gasteiger partial charge in [0.25, 0.3) is 5.91 Å². The Morgan fingerprint density at radius 3 is 2.16 bits per heavy atom. The van der Waals surface area contributed by atoms with Crippen molar-refractivity contribution < 1.29 is 14.7 Å². The Morgan fingerprint density at radius 2 is 1.62 bits per heavy atom. The summed E-state index contributed by atoms with van der Waals surface area (Å²) < 4.78 is 1.62. The lowest BCUT2D eigenvalue weighted by atomic mass is 9.47. The third-order valence-electron chi connectivity index (χ3n) is 7.10. The van der Waals surface area contributed by atoms with Crippen LogP contribution in [0.2, 0.25) is 0 Å². The monoisotopic (exact) mass is 430 g/mol. The zero-order valence-corrected chi connectivity index (χ0v) is 18.0. The van der Waals surface area contributed by atoms with Crippen LogP contribution in [0, 0.1) is 18.3 Å². The number of carbonyl (C=O) groups is 2. The molecule has 0 radical (unpaired) electrons. The van der Waals surface area contributed by atoms with Crippen molar-refractivity contribution in [2.75, 3.05) is 0 Å². The van der Waals surface area contributed by atoms with Crippen molar-refractivity contribution >= 4 is 11.9 Å². The maximum absolute atomic E-state index is 11.3. The zero-order chi connectivity index (χ0) is 22.5. The summed E-state index contributed by atoms with van der Waals surface area (Å²) in [4.78, 5) is 26.4. The van der Waals surface area contributed by atoms with Gasteiger partial charge in [-0.3, -0.25) is 9.59 Å². The molecular formula is C25H26N4O3. The third-order valence-corrected chi connectivity index (χ3v) is 7.10. The average molecular weight is 431 g/mol. The quantitative estimate of drug-likeness (QED) is 0.620. The molecule has 0 bridgehead atoms. The van der Waals surface area contributed by atoms with E-state index in [2.05, 4.69) is 46.5 Å². The molecule has 1 amide bonds. The number of benzene rings is 2. The van der Waals surface area contributed by atoms with E-state index < -0.39 is 11.9 Å². The molecular weight excluding hydrogens is 404 g/mol. The van der Waals surface area contributed by atoms with Gasteiger partial charge in [0.1, 0.15) is 5.82 Å². The lowest BCUT2D eigenvalue weighted by Crippen LogP contribution is -2.48. The number of hydrogen-bond acceptors (Lipinski definition) is 4. The number of carbonyl (C=O) groups excluding carboxylic acids is 1. The van der Waals surface area contributed by atoms with E-state index >= 15 is 0 Å². The van der Waals surface area contributed by atoms with Crippen LogP contribution in [-0.2, 0) is 11.2 Å². The lowest BCUT2D eigenvalue weighted by Gasteiger charge is -2.57. The van der Waals surface area contributed by atoms with Crippen molar-refractivity contribution in [2.45, 2.75) is 44.9 Å². The summed E-state index contributed by atoms with van der Waals surface area (Å²) in [5, 5.41) is 13.3. The van der Waals surface area contributed by atoms with Crippen molar-refractivity contribution in [2.24, 2.45) is 17.1 Å². The summed E-state index contributed by atoms with van der Waals surface area (Å²) in [5.41, 5.74) is 10.2. The number of hydrogen-bond donors (Lipinski definition) is 2. The molecule has 1 heterocycles. The van der Waals surface area contributed by atoms with E-state index in [-0.39, 0.29) is 11.7 Å². The molecule has 32 heavy (non-hydrogen) atoms. The topological polar surface area (TPSA) is 111 Å². The molecule has 0 aliphatic heterocycles. The molecule has 5 rings (SSSR count). The number of aliphatic carboxylic acids is 1. The van der Waals surface area contributed by atoms with Gasteiger partial charge in [-0.25, -0.2) is 9.67 Å². The molecule has 3 N–H and O–H groups in total. The van der Waals surface area contributed by atoms with Gasteiger partial charge in [-0.15, -0.1) is 5.10 Å². The molecule has 0 atom stereocenters. The van der Waals surface area contributed by atoms with E-state index in [0.717, 1.165) is 37.8 Å². The first-order valence-corrected chi connectivity index (χ1v) is 11.0. The lowest BCUT2D eigenvalue weighted by molar-refractivity contribution is -0.155. The minimum atomic E-state index is -0.638. The van der Waals surface area contributed by atoms with Gasteiger partial charge in [-0.05, 0) is 79.2 Å². The molecule has 0 unspecified atom stereocenters. The van der Waals surface area contributed by atoms with E-state index in [1.54, 1.807) is 11.6 Å². The minimum absolute atomic E-state index is 0.0167. The fourth-order valence-corrected chi connectivity index (χ4v) is 5.35. The van der Waals surface area contributed by atoms with Gasteiger partial charge >= 0.3 is 5.97 Å². The van der Waals surface area contributed by atoms with Crippen molar-refractivity contribution in [3.8, 4) is 5.69 Å². The molecule has 0 saturated heterocycles. The summed E-state index contributed by atoms with van der Waals surface area (Å²) in [7, 11) is 0. The van der Waals surface area contributed by atoms with Gasteiger partial charge in [-0.2, -0.15) is 0 Å². The number of aromatic nitrogens is 3. The summed E-state index contributed by atoms with van der Waals surface area (Å²) in [5.74, 6) is -0.203. The summed E-state index contributed by atoms with van der Waals surface area (Å²) in [6, 6.07) is 16.9. The van der Waals surface area contributed by atoms with Gasteiger partial charge in [0.15, 0.2) is 0 Å². The second-order valence-corrected chi connectivity index (χ2v) is 9.39. The molecule has 7 heteroatoms. The van der Waals surface area contributed by atoms with Crippen LogP contribution in [-0.4, -0.2) is 31.7 Å². The molecule has 7 nitrogen and oxygen atoms in total. The first-order chi connectivity index (χ1) is 15.3. The van der Waals surface area contributed by atoms with Crippen molar-refractivity contribution in [3.05, 3.63) is 76.9 Å². The highest BCUT2D eigenvalue weighted by Gasteiger charge is 2.54. The molecule has 1 spiro atoms. The fourth-order valence-electron chi connectivity index (χ4n) is 5.35. The number of aryl methyl sites for hydroxylation is 1. The van der Waals surface area contributed by atoms with Crippen LogP contribution in [0.15, 0.2) is 48.5 Å². The third kappa shape index (κ3) is 3.68. The van der Waals surface area contributed by atoms with Gasteiger partial charge in [0, 0.05) is 0 Å². The summed E-state index contributed by atoms with van der Waals surface area (Å²) >= 11 is 0. The molecule has 2 aliphatic rings. The zero-order valence-electron chi connectivity index (χ0n) is 18.0. The highest BCUT2D eigenvalue weighted by molar-refractivity contribution is 5.88. The Hall–Kier alpha value is -3.48. The number of nitrogens with zero attached hydrogens (tertiary/aromatic N) is 3. The Balaban J connectivity index is 1.19. The second kappa shape index (κ2) is 7.58. The Bertz CT molecular complexity index is 1170. The van der Waals surface area contributed by atoms with E-state index in [4.69, 9.17) is 10.8 Å². The predicted molar refractivity (Wildman–Crippen MR) is 119 cm³/mol. The minimum Gasteiger partial charge on any atom is -0.481 e. The molecule has 2 aromatic carbocycles. The Kier molecular flexibility index (Phi) is 4.84. The largest absolute Gasteiger partial charge is 0.481 e. The summed E-state index contributed by atoms with van der Waals surface area (Å²) in [6.45, 7) is 1.79. The number of carboxylic acids is 1. The van der Waals surface area contributed by atoms with Crippen LogP contribution < -0.4 is 5.73 Å². The standard InChI is InChI=1S/C25H26N4O3/c1-15-27-23(22(26)30)28-29(15)21-8-4-17(5-9-21)10-16-2-6-18(7-3-16)19-11-25(12-19)13-20(14-25)24(31)32/h2-9,19-20H,10-14H2,1H3,(H2,26,30)(H,31,32). The second-order valence-electron chi connectivity index (χ2n) is 9.39. The van der Waals surface area contributed by atoms with Gasteiger partial charge < -0.3 is 10.8 Å².